The highest BCUT2D eigenvalue weighted by Crippen LogP contribution is 2.35. The van der Waals surface area contributed by atoms with Gasteiger partial charge >= 0.3 is 0 Å². The Kier molecular flexibility index (Phi) is 3.88. The summed E-state index contributed by atoms with van der Waals surface area (Å²) < 4.78 is 0. The number of hydrogen-bond acceptors (Lipinski definition) is 5. The fourth-order valence-corrected chi connectivity index (χ4v) is 4.06. The molecule has 3 saturated heterocycles. The zero-order valence-corrected chi connectivity index (χ0v) is 13.5. The second-order valence-electron chi connectivity index (χ2n) is 6.83. The molecule has 0 saturated carbocycles. The standard InChI is InChI=1S/C17H22N4O3/c22-15-4-3-14(16(23)19-15)21-10-11-9-12(1-2-13(11)17(21)24)20-7-5-18-6-8-20/h1-2,9,11,13-14,18H,3-8,10H2,(H,19,22,23)/t11?,13?,14-/m0/s1. The van der Waals surface area contributed by atoms with E-state index in [4.69, 9.17) is 0 Å². The van der Waals surface area contributed by atoms with Crippen molar-refractivity contribution in [2.24, 2.45) is 11.8 Å². The van der Waals surface area contributed by atoms with Crippen molar-refractivity contribution in [2.45, 2.75) is 18.9 Å². The van der Waals surface area contributed by atoms with Crippen molar-refractivity contribution < 1.29 is 14.4 Å². The molecular formula is C17H22N4O3. The molecule has 7 heteroatoms. The number of likely N-dealkylation sites (tertiary alicyclic amines) is 1. The summed E-state index contributed by atoms with van der Waals surface area (Å²) in [6.07, 6.45) is 6.93. The second kappa shape index (κ2) is 6.05. The van der Waals surface area contributed by atoms with Gasteiger partial charge in [0.2, 0.25) is 17.7 Å². The minimum Gasteiger partial charge on any atom is -0.369 e. The number of allylic oxidation sites excluding steroid dienone is 1. The highest BCUT2D eigenvalue weighted by Gasteiger charge is 2.45. The Balaban J connectivity index is 1.49. The summed E-state index contributed by atoms with van der Waals surface area (Å²) in [6, 6.07) is -0.509. The van der Waals surface area contributed by atoms with Gasteiger partial charge in [0, 0.05) is 50.8 Å². The number of nitrogens with one attached hydrogen (secondary N) is 2. The van der Waals surface area contributed by atoms with Gasteiger partial charge in [-0.1, -0.05) is 12.2 Å². The Morgan fingerprint density at radius 1 is 1.12 bits per heavy atom. The van der Waals surface area contributed by atoms with Crippen molar-refractivity contribution in [2.75, 3.05) is 32.7 Å². The summed E-state index contributed by atoms with van der Waals surface area (Å²) in [4.78, 5) is 40.1. The van der Waals surface area contributed by atoms with Gasteiger partial charge in [-0.25, -0.2) is 0 Å². The zero-order valence-electron chi connectivity index (χ0n) is 13.5. The van der Waals surface area contributed by atoms with E-state index in [9.17, 15) is 14.4 Å². The summed E-state index contributed by atoms with van der Waals surface area (Å²) in [7, 11) is 0. The van der Waals surface area contributed by atoms with Gasteiger partial charge in [-0.05, 0) is 12.5 Å². The van der Waals surface area contributed by atoms with Crippen LogP contribution in [0.4, 0.5) is 0 Å². The minimum absolute atomic E-state index is 0.00126. The Hall–Kier alpha value is -2.15. The number of carbonyl (C=O) groups excluding carboxylic acids is 3. The second-order valence-corrected chi connectivity index (χ2v) is 6.83. The maximum atomic E-state index is 12.7. The van der Waals surface area contributed by atoms with E-state index >= 15 is 0 Å². The zero-order chi connectivity index (χ0) is 16.7. The molecule has 0 aromatic carbocycles. The number of imide groups is 1. The quantitative estimate of drug-likeness (QED) is 0.650. The van der Waals surface area contributed by atoms with E-state index in [1.807, 2.05) is 12.2 Å². The van der Waals surface area contributed by atoms with Gasteiger partial charge in [0.25, 0.3) is 0 Å². The molecule has 24 heavy (non-hydrogen) atoms. The smallest absolute Gasteiger partial charge is 0.249 e. The molecule has 4 aliphatic rings. The van der Waals surface area contributed by atoms with Gasteiger partial charge in [-0.15, -0.1) is 0 Å². The minimum atomic E-state index is -0.509. The van der Waals surface area contributed by atoms with E-state index in [2.05, 4.69) is 21.6 Å². The average molecular weight is 330 g/mol. The SMILES string of the molecule is O=C1CC[C@H](N2CC3C=C(N4CCNCC4)C=CC3C2=O)C(=O)N1. The van der Waals surface area contributed by atoms with Gasteiger partial charge in [-0.3, -0.25) is 19.7 Å². The van der Waals surface area contributed by atoms with Crippen LogP contribution in [0.3, 0.4) is 0 Å². The van der Waals surface area contributed by atoms with Crippen molar-refractivity contribution in [1.82, 2.24) is 20.4 Å². The molecule has 3 fully saturated rings. The molecule has 3 atom stereocenters. The number of fused-ring (bicyclic) bond motifs is 1. The lowest BCUT2D eigenvalue weighted by molar-refractivity contribution is -0.144. The summed E-state index contributed by atoms with van der Waals surface area (Å²) in [6.45, 7) is 4.44. The Morgan fingerprint density at radius 2 is 1.92 bits per heavy atom. The lowest BCUT2D eigenvalue weighted by atomic mass is 9.90. The van der Waals surface area contributed by atoms with Gasteiger partial charge in [0.1, 0.15) is 6.04 Å². The topological polar surface area (TPSA) is 81.8 Å². The summed E-state index contributed by atoms with van der Waals surface area (Å²) >= 11 is 0. The van der Waals surface area contributed by atoms with Crippen molar-refractivity contribution >= 4 is 17.7 Å². The molecule has 128 valence electrons. The molecule has 2 N–H and O–H groups in total. The number of piperazine rings is 1. The molecule has 0 aromatic heterocycles. The highest BCUT2D eigenvalue weighted by atomic mass is 16.2. The molecule has 0 radical (unpaired) electrons. The third-order valence-electron chi connectivity index (χ3n) is 5.36. The van der Waals surface area contributed by atoms with Gasteiger partial charge in [0.05, 0.1) is 5.92 Å². The first-order valence-corrected chi connectivity index (χ1v) is 8.63. The van der Waals surface area contributed by atoms with E-state index in [-0.39, 0.29) is 29.6 Å². The van der Waals surface area contributed by atoms with Gasteiger partial charge in [0.15, 0.2) is 0 Å². The molecular weight excluding hydrogens is 308 g/mol. The normalized spacial score (nSPS) is 33.4. The first kappa shape index (κ1) is 15.4. The molecule has 0 spiro atoms. The first-order chi connectivity index (χ1) is 11.6. The third-order valence-corrected chi connectivity index (χ3v) is 5.36. The molecule has 4 rings (SSSR count). The highest BCUT2D eigenvalue weighted by molar-refractivity contribution is 6.02. The predicted molar refractivity (Wildman–Crippen MR) is 86.5 cm³/mol. The van der Waals surface area contributed by atoms with Crippen LogP contribution in [-0.4, -0.2) is 66.3 Å². The van der Waals surface area contributed by atoms with Crippen LogP contribution in [0.25, 0.3) is 0 Å². The number of hydrogen-bond donors (Lipinski definition) is 2. The number of piperidine rings is 1. The number of rotatable bonds is 2. The summed E-state index contributed by atoms with van der Waals surface area (Å²) in [5, 5.41) is 5.69. The lowest BCUT2D eigenvalue weighted by Crippen LogP contribution is -2.53. The van der Waals surface area contributed by atoms with Gasteiger partial charge in [-0.2, -0.15) is 0 Å². The Bertz CT molecular complexity index is 636. The van der Waals surface area contributed by atoms with E-state index in [1.165, 1.54) is 5.70 Å². The number of amides is 3. The van der Waals surface area contributed by atoms with Crippen molar-refractivity contribution in [1.29, 1.82) is 0 Å². The van der Waals surface area contributed by atoms with Crippen molar-refractivity contribution in [3.63, 3.8) is 0 Å². The number of nitrogens with zero attached hydrogens (tertiary/aromatic N) is 2. The van der Waals surface area contributed by atoms with Crippen LogP contribution in [0.1, 0.15) is 12.8 Å². The van der Waals surface area contributed by atoms with Crippen LogP contribution in [0.5, 0.6) is 0 Å². The fraction of sp³-hybridized carbons (Fsp3) is 0.588. The van der Waals surface area contributed by atoms with E-state index < -0.39 is 6.04 Å². The number of carbonyl (C=O) groups is 3. The fourth-order valence-electron chi connectivity index (χ4n) is 4.06. The Morgan fingerprint density at radius 3 is 2.67 bits per heavy atom. The predicted octanol–water partition coefficient (Wildman–Crippen LogP) is -0.775. The molecule has 3 aliphatic heterocycles. The maximum Gasteiger partial charge on any atom is 0.249 e. The maximum absolute atomic E-state index is 12.7. The monoisotopic (exact) mass is 330 g/mol. The molecule has 7 nitrogen and oxygen atoms in total. The van der Waals surface area contributed by atoms with Crippen LogP contribution in [0, 0.1) is 11.8 Å². The van der Waals surface area contributed by atoms with Crippen molar-refractivity contribution in [3.8, 4) is 0 Å². The largest absolute Gasteiger partial charge is 0.369 e. The Labute approximate surface area is 140 Å². The molecule has 0 aromatic rings. The van der Waals surface area contributed by atoms with E-state index in [1.54, 1.807) is 4.90 Å². The van der Waals surface area contributed by atoms with Crippen molar-refractivity contribution in [3.05, 3.63) is 23.9 Å². The van der Waals surface area contributed by atoms with E-state index in [0.29, 0.717) is 19.4 Å². The van der Waals surface area contributed by atoms with Gasteiger partial charge < -0.3 is 15.1 Å². The average Bonchev–Trinajstić information content (AvgIpc) is 2.92. The summed E-state index contributed by atoms with van der Waals surface area (Å²) in [5.41, 5.74) is 1.18. The third kappa shape index (κ3) is 2.62. The molecule has 3 amide bonds. The van der Waals surface area contributed by atoms with Crippen LogP contribution in [-0.2, 0) is 14.4 Å². The molecule has 1 aliphatic carbocycles. The molecule has 3 heterocycles. The summed E-state index contributed by atoms with van der Waals surface area (Å²) in [5.74, 6) is -0.657. The van der Waals surface area contributed by atoms with Crippen LogP contribution >= 0.6 is 0 Å². The first-order valence-electron chi connectivity index (χ1n) is 8.63. The van der Waals surface area contributed by atoms with Crippen LogP contribution < -0.4 is 10.6 Å². The molecule has 0 bridgehead atoms. The molecule has 2 unspecified atom stereocenters. The van der Waals surface area contributed by atoms with E-state index in [0.717, 1.165) is 26.2 Å². The van der Waals surface area contributed by atoms with Crippen LogP contribution in [0.15, 0.2) is 23.9 Å². The van der Waals surface area contributed by atoms with Crippen LogP contribution in [0.2, 0.25) is 0 Å². The lowest BCUT2D eigenvalue weighted by Gasteiger charge is -2.32.